The first-order valence-electron chi connectivity index (χ1n) is 6.86. The van der Waals surface area contributed by atoms with E-state index in [0.29, 0.717) is 24.6 Å². The van der Waals surface area contributed by atoms with Gasteiger partial charge in [-0.25, -0.2) is 0 Å². The number of hydrogen-bond donors (Lipinski definition) is 3. The molecule has 1 atom stereocenters. The summed E-state index contributed by atoms with van der Waals surface area (Å²) in [6.07, 6.45) is 2.53. The lowest BCUT2D eigenvalue weighted by Gasteiger charge is -2.29. The Hall–Kier alpha value is -1.11. The fourth-order valence-electron chi connectivity index (χ4n) is 2.21. The smallest absolute Gasteiger partial charge is 0.252 e. The second-order valence-electron chi connectivity index (χ2n) is 5.46. The molecule has 0 bridgehead atoms. The van der Waals surface area contributed by atoms with E-state index in [1.54, 1.807) is 11.4 Å². The molecule has 2 rings (SSSR count). The van der Waals surface area contributed by atoms with Gasteiger partial charge < -0.3 is 16.4 Å². The number of rotatable bonds is 7. The number of hydrogen-bond acceptors (Lipinski definition) is 4. The molecule has 1 heterocycles. The average Bonchev–Trinajstić information content (AvgIpc) is 3.14. The van der Waals surface area contributed by atoms with E-state index in [4.69, 9.17) is 5.73 Å². The van der Waals surface area contributed by atoms with E-state index >= 15 is 0 Å². The number of carbonyl (C=O) groups is 2. The number of carbonyl (C=O) groups excluding carboxylic acids is 2. The number of thiophene rings is 1. The third-order valence-corrected chi connectivity index (χ3v) is 4.43. The molecule has 0 spiro atoms. The van der Waals surface area contributed by atoms with Crippen molar-refractivity contribution in [1.29, 1.82) is 0 Å². The lowest BCUT2D eigenvalue weighted by atomic mass is 9.96. The Labute approximate surface area is 135 Å². The van der Waals surface area contributed by atoms with Gasteiger partial charge >= 0.3 is 0 Å². The predicted octanol–water partition coefficient (Wildman–Crippen LogP) is 1.53. The molecule has 0 aliphatic heterocycles. The SMILES string of the molecule is CC(CN)(NC(=O)CCNC(=O)c1ccsc1)C1CC1.Cl. The highest BCUT2D eigenvalue weighted by atomic mass is 35.5. The molecule has 0 aromatic carbocycles. The van der Waals surface area contributed by atoms with E-state index in [1.165, 1.54) is 11.3 Å². The van der Waals surface area contributed by atoms with E-state index in [0.717, 1.165) is 12.8 Å². The maximum atomic E-state index is 11.9. The van der Waals surface area contributed by atoms with Crippen molar-refractivity contribution in [3.63, 3.8) is 0 Å². The van der Waals surface area contributed by atoms with E-state index < -0.39 is 0 Å². The Morgan fingerprint density at radius 1 is 1.48 bits per heavy atom. The van der Waals surface area contributed by atoms with Crippen LogP contribution in [0.25, 0.3) is 0 Å². The second-order valence-corrected chi connectivity index (χ2v) is 6.24. The van der Waals surface area contributed by atoms with Gasteiger partial charge in [-0.1, -0.05) is 0 Å². The summed E-state index contributed by atoms with van der Waals surface area (Å²) in [4.78, 5) is 23.6. The van der Waals surface area contributed by atoms with Crippen LogP contribution in [0.5, 0.6) is 0 Å². The lowest BCUT2D eigenvalue weighted by molar-refractivity contribution is -0.122. The molecule has 1 unspecified atom stereocenters. The van der Waals surface area contributed by atoms with Crippen LogP contribution in [0.1, 0.15) is 36.5 Å². The Kier molecular flexibility index (Phi) is 6.64. The quantitative estimate of drug-likeness (QED) is 0.708. The van der Waals surface area contributed by atoms with Crippen LogP contribution in [0.4, 0.5) is 0 Å². The highest BCUT2D eigenvalue weighted by Crippen LogP contribution is 2.38. The predicted molar refractivity (Wildman–Crippen MR) is 86.8 cm³/mol. The monoisotopic (exact) mass is 331 g/mol. The molecule has 1 aromatic heterocycles. The van der Waals surface area contributed by atoms with Crippen molar-refractivity contribution >= 4 is 35.6 Å². The topological polar surface area (TPSA) is 84.2 Å². The molecule has 5 nitrogen and oxygen atoms in total. The first kappa shape index (κ1) is 17.9. The molecule has 1 saturated carbocycles. The summed E-state index contributed by atoms with van der Waals surface area (Å²) in [6.45, 7) is 2.78. The molecule has 7 heteroatoms. The van der Waals surface area contributed by atoms with Gasteiger partial charge in [0.05, 0.1) is 5.54 Å². The highest BCUT2D eigenvalue weighted by molar-refractivity contribution is 7.08. The first-order valence-corrected chi connectivity index (χ1v) is 7.81. The number of amides is 2. The summed E-state index contributed by atoms with van der Waals surface area (Å²) in [7, 11) is 0. The van der Waals surface area contributed by atoms with Gasteiger partial charge in [0.2, 0.25) is 5.91 Å². The molecule has 1 fully saturated rings. The number of nitrogens with one attached hydrogen (secondary N) is 2. The molecule has 0 saturated heterocycles. The zero-order chi connectivity index (χ0) is 14.6. The Morgan fingerprint density at radius 2 is 2.19 bits per heavy atom. The Morgan fingerprint density at radius 3 is 2.71 bits per heavy atom. The molecule has 2 amide bonds. The normalized spacial score (nSPS) is 16.5. The van der Waals surface area contributed by atoms with Crippen molar-refractivity contribution < 1.29 is 9.59 Å². The van der Waals surface area contributed by atoms with Crippen LogP contribution in [0, 0.1) is 5.92 Å². The zero-order valence-corrected chi connectivity index (χ0v) is 13.7. The second kappa shape index (κ2) is 7.77. The fourth-order valence-corrected chi connectivity index (χ4v) is 2.84. The van der Waals surface area contributed by atoms with Crippen LogP contribution in [-0.4, -0.2) is 30.4 Å². The maximum absolute atomic E-state index is 11.9. The summed E-state index contributed by atoms with van der Waals surface area (Å²) < 4.78 is 0. The average molecular weight is 332 g/mol. The Balaban J connectivity index is 0.00000220. The minimum atomic E-state index is -0.297. The van der Waals surface area contributed by atoms with E-state index in [1.807, 2.05) is 12.3 Å². The highest BCUT2D eigenvalue weighted by Gasteiger charge is 2.41. The molecule has 118 valence electrons. The van der Waals surface area contributed by atoms with Crippen LogP contribution >= 0.6 is 23.7 Å². The van der Waals surface area contributed by atoms with Crippen LogP contribution in [-0.2, 0) is 4.79 Å². The van der Waals surface area contributed by atoms with E-state index in [-0.39, 0.29) is 36.2 Å². The summed E-state index contributed by atoms with van der Waals surface area (Å²) in [5, 5.41) is 9.38. The fraction of sp³-hybridized carbons (Fsp3) is 0.571. The number of halogens is 1. The van der Waals surface area contributed by atoms with Gasteiger partial charge in [-0.2, -0.15) is 11.3 Å². The first-order chi connectivity index (χ1) is 9.55. The maximum Gasteiger partial charge on any atom is 0.252 e. The van der Waals surface area contributed by atoms with Gasteiger partial charge in [0, 0.05) is 30.5 Å². The van der Waals surface area contributed by atoms with Crippen molar-refractivity contribution in [2.45, 2.75) is 31.7 Å². The van der Waals surface area contributed by atoms with Crippen molar-refractivity contribution in [1.82, 2.24) is 10.6 Å². The molecular weight excluding hydrogens is 310 g/mol. The molecule has 21 heavy (non-hydrogen) atoms. The van der Waals surface area contributed by atoms with Crippen molar-refractivity contribution in [3.05, 3.63) is 22.4 Å². The van der Waals surface area contributed by atoms with E-state index in [9.17, 15) is 9.59 Å². The van der Waals surface area contributed by atoms with Gasteiger partial charge in [-0.15, -0.1) is 12.4 Å². The summed E-state index contributed by atoms with van der Waals surface area (Å²) in [5.41, 5.74) is 6.10. The molecule has 0 radical (unpaired) electrons. The summed E-state index contributed by atoms with van der Waals surface area (Å²) >= 11 is 1.47. The molecule has 1 aliphatic carbocycles. The largest absolute Gasteiger partial charge is 0.351 e. The van der Waals surface area contributed by atoms with Crippen molar-refractivity contribution in [3.8, 4) is 0 Å². The lowest BCUT2D eigenvalue weighted by Crippen LogP contribution is -2.53. The molecule has 1 aromatic rings. The summed E-state index contributed by atoms with van der Waals surface area (Å²) in [6, 6.07) is 1.76. The molecule has 1 aliphatic rings. The minimum absolute atomic E-state index is 0. The number of nitrogens with two attached hydrogens (primary N) is 1. The van der Waals surface area contributed by atoms with Crippen molar-refractivity contribution in [2.24, 2.45) is 11.7 Å². The third-order valence-electron chi connectivity index (χ3n) is 3.75. The van der Waals surface area contributed by atoms with Crippen LogP contribution < -0.4 is 16.4 Å². The standard InChI is InChI=1S/C14H21N3O2S.ClH/c1-14(9-15,11-2-3-11)17-12(18)4-6-16-13(19)10-5-7-20-8-10;/h5,7-8,11H,2-4,6,9,15H2,1H3,(H,16,19)(H,17,18);1H. The van der Waals surface area contributed by atoms with Crippen molar-refractivity contribution in [2.75, 3.05) is 13.1 Å². The third kappa shape index (κ3) is 4.98. The van der Waals surface area contributed by atoms with Gasteiger partial charge in [0.25, 0.3) is 5.91 Å². The van der Waals surface area contributed by atoms with Crippen LogP contribution in [0.3, 0.4) is 0 Å². The van der Waals surface area contributed by atoms with E-state index in [2.05, 4.69) is 10.6 Å². The van der Waals surface area contributed by atoms with Gasteiger partial charge in [-0.3, -0.25) is 9.59 Å². The van der Waals surface area contributed by atoms with Crippen LogP contribution in [0.2, 0.25) is 0 Å². The van der Waals surface area contributed by atoms with Gasteiger partial charge in [0.1, 0.15) is 0 Å². The van der Waals surface area contributed by atoms with Gasteiger partial charge in [0.15, 0.2) is 0 Å². The zero-order valence-electron chi connectivity index (χ0n) is 12.1. The molecule has 4 N–H and O–H groups in total. The molecular formula is C14H22ClN3O2S. The van der Waals surface area contributed by atoms with Crippen LogP contribution in [0.15, 0.2) is 16.8 Å². The summed E-state index contributed by atoms with van der Waals surface area (Å²) in [5.74, 6) is 0.301. The van der Waals surface area contributed by atoms with Gasteiger partial charge in [-0.05, 0) is 37.1 Å². The minimum Gasteiger partial charge on any atom is -0.351 e. The Bertz CT molecular complexity index is 477.